The van der Waals surface area contributed by atoms with Gasteiger partial charge in [0.05, 0.1) is 11.6 Å². The third-order valence-electron chi connectivity index (χ3n) is 4.76. The van der Waals surface area contributed by atoms with Crippen molar-refractivity contribution >= 4 is 17.5 Å². The highest BCUT2D eigenvalue weighted by atomic mass is 16.7. The van der Waals surface area contributed by atoms with E-state index in [9.17, 15) is 9.59 Å². The van der Waals surface area contributed by atoms with Crippen molar-refractivity contribution in [3.63, 3.8) is 0 Å². The van der Waals surface area contributed by atoms with E-state index in [1.807, 2.05) is 18.2 Å². The number of nitrogens with one attached hydrogen (secondary N) is 2. The van der Waals surface area contributed by atoms with Crippen LogP contribution < -0.4 is 20.1 Å². The lowest BCUT2D eigenvalue weighted by molar-refractivity contribution is -0.134. The van der Waals surface area contributed by atoms with Crippen molar-refractivity contribution in [1.29, 1.82) is 5.26 Å². The Balaban J connectivity index is 1.39. The van der Waals surface area contributed by atoms with E-state index in [4.69, 9.17) is 14.7 Å². The van der Waals surface area contributed by atoms with Gasteiger partial charge in [-0.3, -0.25) is 9.59 Å². The predicted molar refractivity (Wildman–Crippen MR) is 95.9 cm³/mol. The van der Waals surface area contributed by atoms with Gasteiger partial charge in [0.2, 0.25) is 18.6 Å². The van der Waals surface area contributed by atoms with Crippen molar-refractivity contribution in [2.24, 2.45) is 5.41 Å². The number of carbonyl (C=O) groups is 2. The smallest absolute Gasteiger partial charge is 0.240 e. The minimum Gasteiger partial charge on any atom is -0.454 e. The molecule has 2 aromatic carbocycles. The van der Waals surface area contributed by atoms with Gasteiger partial charge in [0.1, 0.15) is 5.41 Å². The molecule has 0 aromatic heterocycles. The summed E-state index contributed by atoms with van der Waals surface area (Å²) in [6, 6.07) is 14.1. The molecule has 1 aliphatic carbocycles. The van der Waals surface area contributed by atoms with Gasteiger partial charge in [-0.05, 0) is 48.7 Å². The second kappa shape index (κ2) is 6.65. The first-order valence-electron chi connectivity index (χ1n) is 8.59. The zero-order valence-corrected chi connectivity index (χ0v) is 14.5. The van der Waals surface area contributed by atoms with E-state index in [0.717, 1.165) is 5.56 Å². The van der Waals surface area contributed by atoms with Crippen LogP contribution in [0.5, 0.6) is 11.5 Å². The first kappa shape index (κ1) is 16.9. The van der Waals surface area contributed by atoms with E-state index >= 15 is 0 Å². The molecular formula is C20H17N3O4. The minimum absolute atomic E-state index is 0.196. The average Bonchev–Trinajstić information content (AvgIpc) is 3.38. The van der Waals surface area contributed by atoms with Crippen molar-refractivity contribution in [2.75, 3.05) is 12.1 Å². The Morgan fingerprint density at radius 2 is 1.89 bits per heavy atom. The maximum absolute atomic E-state index is 12.6. The number of anilines is 1. The molecule has 1 aliphatic heterocycles. The molecule has 2 N–H and O–H groups in total. The second-order valence-electron chi connectivity index (χ2n) is 6.60. The van der Waals surface area contributed by atoms with E-state index in [2.05, 4.69) is 10.6 Å². The number of nitrogens with zero attached hydrogens (tertiary/aromatic N) is 1. The summed E-state index contributed by atoms with van der Waals surface area (Å²) < 4.78 is 10.6. The molecule has 0 bridgehead atoms. The number of ether oxygens (including phenoxy) is 2. The molecule has 2 aromatic rings. The highest BCUT2D eigenvalue weighted by Crippen LogP contribution is 2.47. The number of hydrogen-bond donors (Lipinski definition) is 2. The fourth-order valence-electron chi connectivity index (χ4n) is 3.00. The number of carbonyl (C=O) groups excluding carboxylic acids is 2. The van der Waals surface area contributed by atoms with Crippen LogP contribution in [0.3, 0.4) is 0 Å². The van der Waals surface area contributed by atoms with Crippen LogP contribution >= 0.6 is 0 Å². The molecular weight excluding hydrogens is 346 g/mol. The molecule has 0 saturated heterocycles. The van der Waals surface area contributed by atoms with Crippen molar-refractivity contribution in [3.8, 4) is 17.6 Å². The van der Waals surface area contributed by atoms with Crippen LogP contribution in [0.1, 0.15) is 24.0 Å². The highest BCUT2D eigenvalue weighted by Gasteiger charge is 2.56. The number of benzene rings is 2. The predicted octanol–water partition coefficient (Wildman–Crippen LogP) is 2.32. The number of fused-ring (bicyclic) bond motifs is 1. The van der Waals surface area contributed by atoms with Crippen LogP contribution in [0, 0.1) is 16.7 Å². The molecule has 0 unspecified atom stereocenters. The third kappa shape index (κ3) is 3.29. The molecule has 7 heteroatoms. The van der Waals surface area contributed by atoms with Gasteiger partial charge in [-0.15, -0.1) is 0 Å². The molecule has 27 heavy (non-hydrogen) atoms. The minimum atomic E-state index is -1.04. The monoisotopic (exact) mass is 363 g/mol. The summed E-state index contributed by atoms with van der Waals surface area (Å²) in [6.07, 6.45) is 1.01. The Morgan fingerprint density at radius 1 is 1.07 bits per heavy atom. The molecule has 1 heterocycles. The summed E-state index contributed by atoms with van der Waals surface area (Å²) in [5.41, 5.74) is 0.781. The van der Waals surface area contributed by atoms with Crippen molar-refractivity contribution in [3.05, 3.63) is 53.6 Å². The van der Waals surface area contributed by atoms with Crippen molar-refractivity contribution in [2.45, 2.75) is 19.4 Å². The van der Waals surface area contributed by atoms with E-state index in [1.54, 1.807) is 30.3 Å². The van der Waals surface area contributed by atoms with Crippen LogP contribution in [-0.2, 0) is 16.1 Å². The normalized spacial score (nSPS) is 15.5. The first-order valence-corrected chi connectivity index (χ1v) is 8.59. The lowest BCUT2D eigenvalue weighted by Gasteiger charge is -2.15. The van der Waals surface area contributed by atoms with E-state index < -0.39 is 5.41 Å². The van der Waals surface area contributed by atoms with Crippen LogP contribution in [-0.4, -0.2) is 18.6 Å². The van der Waals surface area contributed by atoms with Gasteiger partial charge in [-0.1, -0.05) is 12.1 Å². The summed E-state index contributed by atoms with van der Waals surface area (Å²) in [4.78, 5) is 25.2. The summed E-state index contributed by atoms with van der Waals surface area (Å²) in [6.45, 7) is 0.496. The summed E-state index contributed by atoms with van der Waals surface area (Å²) in [5, 5.41) is 14.5. The lowest BCUT2D eigenvalue weighted by Crippen LogP contribution is -2.39. The molecule has 2 amide bonds. The Morgan fingerprint density at radius 3 is 2.67 bits per heavy atom. The molecule has 4 rings (SSSR count). The van der Waals surface area contributed by atoms with Gasteiger partial charge in [0.25, 0.3) is 0 Å². The van der Waals surface area contributed by atoms with Crippen molar-refractivity contribution < 1.29 is 19.1 Å². The number of amides is 2. The van der Waals surface area contributed by atoms with E-state index in [0.29, 0.717) is 42.1 Å². The van der Waals surface area contributed by atoms with Gasteiger partial charge in [-0.25, -0.2) is 0 Å². The largest absolute Gasteiger partial charge is 0.454 e. The van der Waals surface area contributed by atoms with Crippen LogP contribution in [0.15, 0.2) is 42.5 Å². The number of hydrogen-bond acceptors (Lipinski definition) is 5. The topological polar surface area (TPSA) is 100 Å². The Hall–Kier alpha value is -3.53. The molecule has 0 atom stereocenters. The third-order valence-corrected chi connectivity index (χ3v) is 4.76. The highest BCUT2D eigenvalue weighted by molar-refractivity contribution is 6.13. The second-order valence-corrected chi connectivity index (χ2v) is 6.60. The number of nitriles is 1. The molecule has 2 aliphatic rings. The first-order chi connectivity index (χ1) is 13.1. The Labute approximate surface area is 155 Å². The molecule has 136 valence electrons. The number of rotatable bonds is 5. The van der Waals surface area contributed by atoms with Crippen LogP contribution in [0.4, 0.5) is 5.69 Å². The van der Waals surface area contributed by atoms with Gasteiger partial charge < -0.3 is 20.1 Å². The zero-order valence-electron chi connectivity index (χ0n) is 14.5. The molecule has 0 spiro atoms. The van der Waals surface area contributed by atoms with E-state index in [1.165, 1.54) is 0 Å². The van der Waals surface area contributed by atoms with Crippen LogP contribution in [0.25, 0.3) is 0 Å². The maximum atomic E-state index is 12.6. The fourth-order valence-corrected chi connectivity index (χ4v) is 3.00. The maximum Gasteiger partial charge on any atom is 0.240 e. The Bertz CT molecular complexity index is 960. The zero-order chi connectivity index (χ0) is 18.9. The SMILES string of the molecule is N#Cc1cccc(NC(=O)C2(C(=O)NCc3ccc4c(c3)OCO4)CC2)c1. The van der Waals surface area contributed by atoms with Gasteiger partial charge in [-0.2, -0.15) is 5.26 Å². The summed E-state index contributed by atoms with van der Waals surface area (Å²) in [5.74, 6) is 0.690. The summed E-state index contributed by atoms with van der Waals surface area (Å²) in [7, 11) is 0. The quantitative estimate of drug-likeness (QED) is 0.794. The van der Waals surface area contributed by atoms with Crippen molar-refractivity contribution in [1.82, 2.24) is 5.32 Å². The fraction of sp³-hybridized carbons (Fsp3) is 0.250. The van der Waals surface area contributed by atoms with Gasteiger partial charge in [0.15, 0.2) is 11.5 Å². The Kier molecular flexibility index (Phi) is 4.16. The average molecular weight is 363 g/mol. The summed E-state index contributed by atoms with van der Waals surface area (Å²) >= 11 is 0. The lowest BCUT2D eigenvalue weighted by atomic mass is 10.0. The molecule has 1 saturated carbocycles. The molecule has 7 nitrogen and oxygen atoms in total. The van der Waals surface area contributed by atoms with Crippen LogP contribution in [0.2, 0.25) is 0 Å². The van der Waals surface area contributed by atoms with Gasteiger partial charge >= 0.3 is 0 Å². The van der Waals surface area contributed by atoms with E-state index in [-0.39, 0.29) is 18.6 Å². The molecule has 0 radical (unpaired) electrons. The standard InChI is InChI=1S/C20H17N3O4/c21-10-13-2-1-3-15(8-13)23-19(25)20(6-7-20)18(24)22-11-14-4-5-16-17(9-14)27-12-26-16/h1-5,8-9H,6-7,11-12H2,(H,22,24)(H,23,25). The molecule has 1 fully saturated rings. The van der Waals surface area contributed by atoms with Gasteiger partial charge in [0, 0.05) is 12.2 Å².